The van der Waals surface area contributed by atoms with Crippen molar-refractivity contribution >= 4 is 17.4 Å². The molecule has 4 nitrogen and oxygen atoms in total. The summed E-state index contributed by atoms with van der Waals surface area (Å²) in [5.41, 5.74) is 0.636. The van der Waals surface area contributed by atoms with Gasteiger partial charge in [-0.05, 0) is 25.8 Å². The lowest BCUT2D eigenvalue weighted by molar-refractivity contribution is -0.0863. The van der Waals surface area contributed by atoms with Crippen LogP contribution in [0.1, 0.15) is 25.8 Å². The molecule has 1 aliphatic carbocycles. The zero-order valence-electron chi connectivity index (χ0n) is 10.0. The number of halogens is 1. The minimum Gasteiger partial charge on any atom is -0.390 e. The molecule has 1 N–H and O–H groups in total. The van der Waals surface area contributed by atoms with Crippen molar-refractivity contribution in [2.75, 3.05) is 11.4 Å². The fourth-order valence-corrected chi connectivity index (χ4v) is 3.08. The van der Waals surface area contributed by atoms with Crippen LogP contribution in [0.15, 0.2) is 6.07 Å². The number of anilines is 1. The molecule has 0 radical (unpaired) electrons. The SMILES string of the molecule is C[C@H]1[C@@H](N2CCc3cc(Cl)nnc32)C[C@@]1(C)O. The lowest BCUT2D eigenvalue weighted by Gasteiger charge is -2.52. The summed E-state index contributed by atoms with van der Waals surface area (Å²) in [7, 11) is 0. The molecule has 5 heteroatoms. The minimum atomic E-state index is -0.534. The molecule has 0 saturated heterocycles. The van der Waals surface area contributed by atoms with Gasteiger partial charge < -0.3 is 10.0 Å². The Hall–Kier alpha value is -0.870. The van der Waals surface area contributed by atoms with Gasteiger partial charge in [-0.15, -0.1) is 10.2 Å². The van der Waals surface area contributed by atoms with E-state index in [0.717, 1.165) is 25.2 Å². The largest absolute Gasteiger partial charge is 0.390 e. The molecule has 0 spiro atoms. The zero-order valence-corrected chi connectivity index (χ0v) is 10.8. The van der Waals surface area contributed by atoms with Crippen LogP contribution < -0.4 is 4.90 Å². The Morgan fingerprint density at radius 3 is 2.94 bits per heavy atom. The average Bonchev–Trinajstić information content (AvgIpc) is 2.68. The predicted molar refractivity (Wildman–Crippen MR) is 66.3 cm³/mol. The molecular weight excluding hydrogens is 238 g/mol. The van der Waals surface area contributed by atoms with E-state index >= 15 is 0 Å². The van der Waals surface area contributed by atoms with Gasteiger partial charge in [0.15, 0.2) is 11.0 Å². The summed E-state index contributed by atoms with van der Waals surface area (Å²) in [6.07, 6.45) is 1.77. The lowest BCUT2D eigenvalue weighted by atomic mass is 9.67. The quantitative estimate of drug-likeness (QED) is 0.827. The summed E-state index contributed by atoms with van der Waals surface area (Å²) in [6.45, 7) is 4.95. The van der Waals surface area contributed by atoms with Gasteiger partial charge >= 0.3 is 0 Å². The maximum atomic E-state index is 10.0. The van der Waals surface area contributed by atoms with E-state index in [0.29, 0.717) is 11.2 Å². The van der Waals surface area contributed by atoms with Crippen LogP contribution in [0, 0.1) is 5.92 Å². The van der Waals surface area contributed by atoms with Crippen LogP contribution in [0.2, 0.25) is 5.15 Å². The van der Waals surface area contributed by atoms with Crippen molar-refractivity contribution in [3.8, 4) is 0 Å². The molecule has 0 aromatic carbocycles. The second-order valence-electron chi connectivity index (χ2n) is 5.38. The van der Waals surface area contributed by atoms with Gasteiger partial charge in [-0.3, -0.25) is 0 Å². The number of aromatic nitrogens is 2. The molecule has 1 aromatic rings. The molecule has 92 valence electrons. The van der Waals surface area contributed by atoms with Crippen molar-refractivity contribution in [1.82, 2.24) is 10.2 Å². The van der Waals surface area contributed by atoms with E-state index in [9.17, 15) is 5.11 Å². The van der Waals surface area contributed by atoms with Crippen LogP contribution in [0.5, 0.6) is 0 Å². The number of fused-ring (bicyclic) bond motifs is 1. The third kappa shape index (κ3) is 1.62. The highest BCUT2D eigenvalue weighted by Crippen LogP contribution is 2.44. The molecule has 1 aromatic heterocycles. The van der Waals surface area contributed by atoms with E-state index in [1.807, 2.05) is 13.0 Å². The Balaban J connectivity index is 1.86. The van der Waals surface area contributed by atoms with Crippen LogP contribution in [-0.2, 0) is 6.42 Å². The summed E-state index contributed by atoms with van der Waals surface area (Å²) in [5.74, 6) is 1.22. The standard InChI is InChI=1S/C12H16ClN3O/c1-7-9(6-12(7,2)17)16-4-3-8-5-10(13)14-15-11(8)16/h5,7,9,17H,3-4,6H2,1-2H3/t7-,9-,12+/m0/s1. The normalized spacial score (nSPS) is 35.6. The summed E-state index contributed by atoms with van der Waals surface area (Å²) < 4.78 is 0. The smallest absolute Gasteiger partial charge is 0.154 e. The van der Waals surface area contributed by atoms with Gasteiger partial charge in [0.25, 0.3) is 0 Å². The van der Waals surface area contributed by atoms with Crippen molar-refractivity contribution in [3.05, 3.63) is 16.8 Å². The first-order valence-corrected chi connectivity index (χ1v) is 6.38. The van der Waals surface area contributed by atoms with Gasteiger partial charge in [-0.25, -0.2) is 0 Å². The Morgan fingerprint density at radius 1 is 1.53 bits per heavy atom. The van der Waals surface area contributed by atoms with E-state index in [-0.39, 0.29) is 5.92 Å². The highest BCUT2D eigenvalue weighted by molar-refractivity contribution is 6.29. The van der Waals surface area contributed by atoms with Crippen molar-refractivity contribution in [3.63, 3.8) is 0 Å². The van der Waals surface area contributed by atoms with E-state index < -0.39 is 5.60 Å². The van der Waals surface area contributed by atoms with Crippen LogP contribution in [0.3, 0.4) is 0 Å². The van der Waals surface area contributed by atoms with Crippen molar-refractivity contribution in [2.24, 2.45) is 5.92 Å². The summed E-state index contributed by atoms with van der Waals surface area (Å²) in [4.78, 5) is 2.27. The Morgan fingerprint density at radius 2 is 2.29 bits per heavy atom. The van der Waals surface area contributed by atoms with Gasteiger partial charge in [0, 0.05) is 24.1 Å². The fraction of sp³-hybridized carbons (Fsp3) is 0.667. The first-order chi connectivity index (χ1) is 7.99. The van der Waals surface area contributed by atoms with Gasteiger partial charge in [-0.1, -0.05) is 18.5 Å². The fourth-order valence-electron chi connectivity index (χ4n) is 2.91. The van der Waals surface area contributed by atoms with Crippen LogP contribution in [-0.4, -0.2) is 33.5 Å². The van der Waals surface area contributed by atoms with Crippen molar-refractivity contribution < 1.29 is 5.11 Å². The van der Waals surface area contributed by atoms with Crippen LogP contribution >= 0.6 is 11.6 Å². The lowest BCUT2D eigenvalue weighted by Crippen LogP contribution is -2.61. The van der Waals surface area contributed by atoms with E-state index in [1.54, 1.807) is 0 Å². The highest BCUT2D eigenvalue weighted by atomic mass is 35.5. The van der Waals surface area contributed by atoms with Crippen molar-refractivity contribution in [2.45, 2.75) is 38.3 Å². The molecule has 0 unspecified atom stereocenters. The summed E-state index contributed by atoms with van der Waals surface area (Å²) >= 11 is 5.84. The van der Waals surface area contributed by atoms with Gasteiger partial charge in [0.1, 0.15) is 0 Å². The highest BCUT2D eigenvalue weighted by Gasteiger charge is 2.50. The Labute approximate surface area is 106 Å². The third-order valence-corrected chi connectivity index (χ3v) is 4.48. The van der Waals surface area contributed by atoms with E-state index in [4.69, 9.17) is 11.6 Å². The van der Waals surface area contributed by atoms with Gasteiger partial charge in [0.05, 0.1) is 5.60 Å². The molecule has 1 fully saturated rings. The minimum absolute atomic E-state index is 0.269. The van der Waals surface area contributed by atoms with Crippen LogP contribution in [0.25, 0.3) is 0 Å². The molecule has 1 saturated carbocycles. The Kier molecular flexibility index (Phi) is 2.35. The predicted octanol–water partition coefficient (Wildman–Crippen LogP) is 1.65. The third-order valence-electron chi connectivity index (χ3n) is 4.30. The number of hydrogen-bond donors (Lipinski definition) is 1. The number of nitrogens with zero attached hydrogens (tertiary/aromatic N) is 3. The monoisotopic (exact) mass is 253 g/mol. The maximum Gasteiger partial charge on any atom is 0.154 e. The number of rotatable bonds is 1. The second kappa shape index (κ2) is 3.56. The molecule has 0 bridgehead atoms. The first kappa shape index (κ1) is 11.2. The molecule has 1 aliphatic heterocycles. The van der Waals surface area contributed by atoms with Crippen LogP contribution in [0.4, 0.5) is 5.82 Å². The molecule has 3 rings (SSSR count). The summed E-state index contributed by atoms with van der Waals surface area (Å²) in [5, 5.41) is 18.6. The molecule has 17 heavy (non-hydrogen) atoms. The second-order valence-corrected chi connectivity index (χ2v) is 5.76. The maximum absolute atomic E-state index is 10.0. The van der Waals surface area contributed by atoms with E-state index in [1.165, 1.54) is 5.56 Å². The molecule has 3 atom stereocenters. The average molecular weight is 254 g/mol. The topological polar surface area (TPSA) is 49.2 Å². The first-order valence-electron chi connectivity index (χ1n) is 6.00. The molecule has 2 heterocycles. The number of hydrogen-bond acceptors (Lipinski definition) is 4. The Bertz CT molecular complexity index is 463. The molecule has 0 amide bonds. The van der Waals surface area contributed by atoms with E-state index in [2.05, 4.69) is 22.0 Å². The zero-order chi connectivity index (χ0) is 12.2. The summed E-state index contributed by atoms with van der Waals surface area (Å²) in [6, 6.07) is 2.27. The van der Waals surface area contributed by atoms with Gasteiger partial charge in [-0.2, -0.15) is 0 Å². The number of aliphatic hydroxyl groups is 1. The molecule has 2 aliphatic rings. The van der Waals surface area contributed by atoms with Gasteiger partial charge in [0.2, 0.25) is 0 Å². The molecular formula is C12H16ClN3O. The van der Waals surface area contributed by atoms with Crippen molar-refractivity contribution in [1.29, 1.82) is 0 Å².